The van der Waals surface area contributed by atoms with Crippen LogP contribution in [0.25, 0.3) is 22.0 Å². The molecule has 0 fully saturated rings. The van der Waals surface area contributed by atoms with Crippen molar-refractivity contribution in [2.24, 2.45) is 0 Å². The molecule has 0 aliphatic heterocycles. The van der Waals surface area contributed by atoms with Crippen molar-refractivity contribution in [1.82, 2.24) is 4.98 Å². The van der Waals surface area contributed by atoms with E-state index in [2.05, 4.69) is 9.71 Å². The predicted molar refractivity (Wildman–Crippen MR) is 107 cm³/mol. The summed E-state index contributed by atoms with van der Waals surface area (Å²) < 4.78 is 28.4. The Morgan fingerprint density at radius 2 is 1.65 bits per heavy atom. The van der Waals surface area contributed by atoms with Crippen LogP contribution in [0, 0.1) is 6.92 Å². The number of aryl methyl sites for hydroxylation is 1. The lowest BCUT2D eigenvalue weighted by Crippen LogP contribution is -2.13. The number of hydrogen-bond donors (Lipinski definition) is 1. The minimum absolute atomic E-state index is 0.273. The van der Waals surface area contributed by atoms with Gasteiger partial charge in [0.05, 0.1) is 15.6 Å². The van der Waals surface area contributed by atoms with Gasteiger partial charge >= 0.3 is 0 Å². The summed E-state index contributed by atoms with van der Waals surface area (Å²) in [5, 5.41) is 4.59. The maximum atomic E-state index is 12.9. The van der Waals surface area contributed by atoms with E-state index in [1.807, 2.05) is 54.8 Å². The first kappa shape index (κ1) is 16.8. The van der Waals surface area contributed by atoms with Crippen LogP contribution >= 0.6 is 11.3 Å². The lowest BCUT2D eigenvalue weighted by atomic mass is 10.1. The molecule has 0 saturated heterocycles. The highest BCUT2D eigenvalue weighted by atomic mass is 32.2. The van der Waals surface area contributed by atoms with Gasteiger partial charge in [0.25, 0.3) is 10.0 Å². The number of nitrogens with one attached hydrogen (secondary N) is 1. The van der Waals surface area contributed by atoms with Gasteiger partial charge < -0.3 is 0 Å². The van der Waals surface area contributed by atoms with Gasteiger partial charge in [-0.1, -0.05) is 48.5 Å². The summed E-state index contributed by atoms with van der Waals surface area (Å²) in [5.74, 6) is 0. The fraction of sp³-hybridized carbons (Fsp3) is 0.0500. The van der Waals surface area contributed by atoms with Crippen LogP contribution < -0.4 is 4.72 Å². The smallest absolute Gasteiger partial charge is 0.262 e. The first-order chi connectivity index (χ1) is 12.5. The largest absolute Gasteiger partial charge is 0.280 e. The van der Waals surface area contributed by atoms with Crippen molar-refractivity contribution >= 4 is 37.8 Å². The Balaban J connectivity index is 1.65. The second-order valence-corrected chi connectivity index (χ2v) is 8.62. The molecule has 0 amide bonds. The predicted octanol–water partition coefficient (Wildman–Crippen LogP) is 5.07. The van der Waals surface area contributed by atoms with Crippen LogP contribution in [0.5, 0.6) is 0 Å². The molecular formula is C20H16N2O2S2. The fourth-order valence-electron chi connectivity index (χ4n) is 2.85. The Bertz CT molecular complexity index is 1170. The molecule has 0 aliphatic rings. The van der Waals surface area contributed by atoms with Gasteiger partial charge in [-0.2, -0.15) is 0 Å². The highest BCUT2D eigenvalue weighted by Gasteiger charge is 2.17. The quantitative estimate of drug-likeness (QED) is 0.537. The molecule has 1 aromatic heterocycles. The molecule has 130 valence electrons. The van der Waals surface area contributed by atoms with Gasteiger partial charge in [-0.25, -0.2) is 13.4 Å². The van der Waals surface area contributed by atoms with Crippen molar-refractivity contribution in [2.75, 3.05) is 4.72 Å². The molecule has 3 aromatic carbocycles. The Morgan fingerprint density at radius 1 is 0.923 bits per heavy atom. The number of benzene rings is 3. The van der Waals surface area contributed by atoms with Crippen molar-refractivity contribution < 1.29 is 8.42 Å². The molecular weight excluding hydrogens is 364 g/mol. The van der Waals surface area contributed by atoms with Crippen molar-refractivity contribution in [3.8, 4) is 11.3 Å². The van der Waals surface area contributed by atoms with Gasteiger partial charge in [0.2, 0.25) is 0 Å². The highest BCUT2D eigenvalue weighted by Crippen LogP contribution is 2.27. The number of sulfonamides is 1. The zero-order chi connectivity index (χ0) is 18.1. The molecule has 4 rings (SSSR count). The van der Waals surface area contributed by atoms with Crippen LogP contribution in [-0.4, -0.2) is 13.4 Å². The summed E-state index contributed by atoms with van der Waals surface area (Å²) in [6, 6.07) is 20.0. The molecule has 4 nitrogen and oxygen atoms in total. The molecule has 0 aliphatic carbocycles. The van der Waals surface area contributed by atoms with Gasteiger partial charge in [-0.3, -0.25) is 4.72 Å². The Hall–Kier alpha value is -2.70. The lowest BCUT2D eigenvalue weighted by Gasteiger charge is -2.11. The zero-order valence-electron chi connectivity index (χ0n) is 14.0. The number of aromatic nitrogens is 1. The standard InChI is InChI=1S/C20H16N2O2S2/c1-14-21-19(13-25-14)16-9-11-17(12-10-16)22-26(23,24)20-8-4-6-15-5-2-3-7-18(15)20/h2-13,22H,1H3. The molecule has 26 heavy (non-hydrogen) atoms. The van der Waals surface area contributed by atoms with Crippen molar-refractivity contribution in [3.63, 3.8) is 0 Å². The molecule has 0 atom stereocenters. The van der Waals surface area contributed by atoms with Crippen LogP contribution in [0.15, 0.2) is 77.0 Å². The van der Waals surface area contributed by atoms with E-state index < -0.39 is 10.0 Å². The van der Waals surface area contributed by atoms with Gasteiger partial charge in [0.1, 0.15) is 0 Å². The minimum Gasteiger partial charge on any atom is -0.280 e. The topological polar surface area (TPSA) is 59.1 Å². The third-order valence-corrected chi connectivity index (χ3v) is 6.30. The maximum absolute atomic E-state index is 12.9. The average molecular weight is 380 g/mol. The maximum Gasteiger partial charge on any atom is 0.262 e. The second-order valence-electron chi connectivity index (χ2n) is 5.91. The summed E-state index contributed by atoms with van der Waals surface area (Å²) in [4.78, 5) is 4.72. The first-order valence-electron chi connectivity index (χ1n) is 8.06. The normalized spacial score (nSPS) is 11.6. The van der Waals surface area contributed by atoms with Crippen LogP contribution in [-0.2, 0) is 10.0 Å². The molecule has 0 bridgehead atoms. The third-order valence-electron chi connectivity index (χ3n) is 4.09. The Morgan fingerprint density at radius 3 is 2.38 bits per heavy atom. The van der Waals surface area contributed by atoms with Crippen LogP contribution in [0.3, 0.4) is 0 Å². The van der Waals surface area contributed by atoms with E-state index in [9.17, 15) is 8.42 Å². The first-order valence-corrected chi connectivity index (χ1v) is 10.4. The van der Waals surface area contributed by atoms with Crippen LogP contribution in [0.2, 0.25) is 0 Å². The van der Waals surface area contributed by atoms with Gasteiger partial charge in [0.15, 0.2) is 0 Å². The number of nitrogens with zero attached hydrogens (tertiary/aromatic N) is 1. The minimum atomic E-state index is -3.68. The van der Waals surface area contributed by atoms with Gasteiger partial charge in [0, 0.05) is 22.0 Å². The third kappa shape index (κ3) is 3.21. The molecule has 0 unspecified atom stereocenters. The summed E-state index contributed by atoms with van der Waals surface area (Å²) in [7, 11) is -3.68. The van der Waals surface area contributed by atoms with E-state index in [1.165, 1.54) is 0 Å². The van der Waals surface area contributed by atoms with Gasteiger partial charge in [-0.05, 0) is 30.5 Å². The second kappa shape index (κ2) is 6.55. The zero-order valence-corrected chi connectivity index (χ0v) is 15.6. The SMILES string of the molecule is Cc1nc(-c2ccc(NS(=O)(=O)c3cccc4ccccc34)cc2)cs1. The molecule has 6 heteroatoms. The summed E-state index contributed by atoms with van der Waals surface area (Å²) in [6.07, 6.45) is 0. The van der Waals surface area contributed by atoms with Crippen molar-refractivity contribution in [3.05, 3.63) is 77.1 Å². The van der Waals surface area contributed by atoms with Crippen molar-refractivity contribution in [1.29, 1.82) is 0 Å². The summed E-state index contributed by atoms with van der Waals surface area (Å²) >= 11 is 1.59. The van der Waals surface area contributed by atoms with E-state index in [1.54, 1.807) is 35.6 Å². The van der Waals surface area contributed by atoms with E-state index in [0.717, 1.165) is 21.7 Å². The van der Waals surface area contributed by atoms with E-state index in [0.29, 0.717) is 11.1 Å². The van der Waals surface area contributed by atoms with Crippen LogP contribution in [0.1, 0.15) is 5.01 Å². The highest BCUT2D eigenvalue weighted by molar-refractivity contribution is 7.93. The lowest BCUT2D eigenvalue weighted by molar-refractivity contribution is 0.602. The summed E-state index contributed by atoms with van der Waals surface area (Å²) in [6.45, 7) is 1.96. The monoisotopic (exact) mass is 380 g/mol. The number of rotatable bonds is 4. The Labute approximate surface area is 156 Å². The number of fused-ring (bicyclic) bond motifs is 1. The van der Waals surface area contributed by atoms with Crippen LogP contribution in [0.4, 0.5) is 5.69 Å². The summed E-state index contributed by atoms with van der Waals surface area (Å²) in [5.41, 5.74) is 2.38. The molecule has 1 N–H and O–H groups in total. The Kier molecular flexibility index (Phi) is 4.22. The number of hydrogen-bond acceptors (Lipinski definition) is 4. The molecule has 0 spiro atoms. The van der Waals surface area contributed by atoms with E-state index in [4.69, 9.17) is 0 Å². The van der Waals surface area contributed by atoms with E-state index in [-0.39, 0.29) is 4.90 Å². The molecule has 0 radical (unpaired) electrons. The molecule has 1 heterocycles. The molecule has 0 saturated carbocycles. The van der Waals surface area contributed by atoms with Gasteiger partial charge in [-0.15, -0.1) is 11.3 Å². The average Bonchev–Trinajstić information content (AvgIpc) is 3.08. The van der Waals surface area contributed by atoms with Crippen molar-refractivity contribution in [2.45, 2.75) is 11.8 Å². The van der Waals surface area contributed by atoms with E-state index >= 15 is 0 Å². The molecule has 4 aromatic rings. The number of thiazole rings is 1. The fourth-order valence-corrected chi connectivity index (χ4v) is 4.76. The number of anilines is 1.